The zero-order valence-electron chi connectivity index (χ0n) is 19.7. The minimum absolute atomic E-state index is 0.00164. The number of hydrogen-bond donors (Lipinski definition) is 1. The summed E-state index contributed by atoms with van der Waals surface area (Å²) in [6, 6.07) is 19.5. The molecule has 0 spiro atoms. The second-order valence-corrected chi connectivity index (χ2v) is 10.6. The first kappa shape index (κ1) is 25.9. The smallest absolute Gasteiger partial charge is 0.260 e. The number of piperazine rings is 1. The second kappa shape index (κ2) is 11.3. The molecule has 1 aliphatic rings. The fourth-order valence-corrected chi connectivity index (χ4v) is 5.57. The highest BCUT2D eigenvalue weighted by atomic mass is 35.5. The van der Waals surface area contributed by atoms with E-state index in [1.807, 2.05) is 35.2 Å². The summed E-state index contributed by atoms with van der Waals surface area (Å²) in [6.45, 7) is 3.41. The Morgan fingerprint density at radius 1 is 1.03 bits per heavy atom. The Hall–Kier alpha value is -3.14. The van der Waals surface area contributed by atoms with Gasteiger partial charge in [-0.2, -0.15) is 0 Å². The van der Waals surface area contributed by atoms with Gasteiger partial charge in [-0.1, -0.05) is 54.1 Å². The van der Waals surface area contributed by atoms with Gasteiger partial charge in [0.25, 0.3) is 5.91 Å². The Morgan fingerprint density at radius 2 is 1.69 bits per heavy atom. The van der Waals surface area contributed by atoms with Crippen LogP contribution in [0.5, 0.6) is 5.75 Å². The second-order valence-electron chi connectivity index (χ2n) is 8.45. The average molecular weight is 532 g/mol. The highest BCUT2D eigenvalue weighted by molar-refractivity contribution is 7.89. The van der Waals surface area contributed by atoms with Crippen LogP contribution in [0.4, 0.5) is 10.1 Å². The number of nitrogens with zero attached hydrogens (tertiary/aromatic N) is 2. The number of nitrogens with one attached hydrogen (secondary N) is 1. The number of rotatable bonds is 8. The third-order valence-corrected chi connectivity index (χ3v) is 7.86. The van der Waals surface area contributed by atoms with Crippen LogP contribution < -0.4 is 14.4 Å². The van der Waals surface area contributed by atoms with Crippen molar-refractivity contribution in [3.8, 4) is 5.75 Å². The SMILES string of the molecule is CC(NS(=O)(=O)c1ccc(OCC(=O)N2CCN(c3ccccc3F)CC2)c(Cl)c1)c1ccccc1. The average Bonchev–Trinajstić information content (AvgIpc) is 2.88. The molecule has 0 radical (unpaired) electrons. The molecular formula is C26H27ClFN3O4S. The van der Waals surface area contributed by atoms with Crippen molar-refractivity contribution >= 4 is 33.2 Å². The van der Waals surface area contributed by atoms with Gasteiger partial charge in [0.2, 0.25) is 10.0 Å². The highest BCUT2D eigenvalue weighted by Gasteiger charge is 2.24. The molecule has 1 amide bonds. The summed E-state index contributed by atoms with van der Waals surface area (Å²) >= 11 is 6.28. The van der Waals surface area contributed by atoms with Crippen molar-refractivity contribution in [2.45, 2.75) is 17.9 Å². The Labute approximate surface area is 215 Å². The lowest BCUT2D eigenvalue weighted by Gasteiger charge is -2.36. The van der Waals surface area contributed by atoms with E-state index in [4.69, 9.17) is 16.3 Å². The van der Waals surface area contributed by atoms with Crippen LogP contribution in [-0.4, -0.2) is 52.0 Å². The number of anilines is 1. The van der Waals surface area contributed by atoms with Gasteiger partial charge < -0.3 is 14.5 Å². The lowest BCUT2D eigenvalue weighted by atomic mass is 10.1. The van der Waals surface area contributed by atoms with E-state index in [-0.39, 0.29) is 34.0 Å². The standard InChI is InChI=1S/C26H27ClFN3O4S/c1-19(20-7-3-2-4-8-20)29-36(33,34)21-11-12-25(22(27)17-21)35-18-26(32)31-15-13-30(14-16-31)24-10-6-5-9-23(24)28/h2-12,17,19,29H,13-16,18H2,1H3. The van der Waals surface area contributed by atoms with Crippen molar-refractivity contribution in [3.63, 3.8) is 0 Å². The number of benzene rings is 3. The predicted molar refractivity (Wildman–Crippen MR) is 137 cm³/mol. The van der Waals surface area contributed by atoms with E-state index in [9.17, 15) is 17.6 Å². The number of carbonyl (C=O) groups is 1. The maximum Gasteiger partial charge on any atom is 0.260 e. The Morgan fingerprint density at radius 3 is 2.36 bits per heavy atom. The first-order chi connectivity index (χ1) is 17.2. The van der Waals surface area contributed by atoms with Crippen LogP contribution in [0.15, 0.2) is 77.7 Å². The summed E-state index contributed by atoms with van der Waals surface area (Å²) in [5.74, 6) is -0.301. The molecule has 1 unspecified atom stereocenters. The van der Waals surface area contributed by atoms with Crippen molar-refractivity contribution < 1.29 is 22.3 Å². The highest BCUT2D eigenvalue weighted by Crippen LogP contribution is 2.28. The third-order valence-electron chi connectivity index (χ3n) is 6.02. The van der Waals surface area contributed by atoms with Crippen LogP contribution >= 0.6 is 11.6 Å². The molecule has 0 aromatic heterocycles. The van der Waals surface area contributed by atoms with E-state index in [2.05, 4.69) is 4.72 Å². The number of hydrogen-bond acceptors (Lipinski definition) is 5. The van der Waals surface area contributed by atoms with Crippen LogP contribution in [0.1, 0.15) is 18.5 Å². The normalized spacial score (nSPS) is 15.0. The number of amides is 1. The molecule has 10 heteroatoms. The zero-order chi connectivity index (χ0) is 25.7. The minimum Gasteiger partial charge on any atom is -0.482 e. The monoisotopic (exact) mass is 531 g/mol. The number of carbonyl (C=O) groups excluding carboxylic acids is 1. The van der Waals surface area contributed by atoms with Crippen LogP contribution in [0.25, 0.3) is 0 Å². The molecule has 0 saturated carbocycles. The van der Waals surface area contributed by atoms with E-state index in [1.165, 1.54) is 24.3 Å². The van der Waals surface area contributed by atoms with Gasteiger partial charge in [-0.25, -0.2) is 17.5 Å². The van der Waals surface area contributed by atoms with Crippen molar-refractivity contribution in [1.82, 2.24) is 9.62 Å². The van der Waals surface area contributed by atoms with Gasteiger partial charge in [-0.15, -0.1) is 0 Å². The molecule has 1 atom stereocenters. The summed E-state index contributed by atoms with van der Waals surface area (Å²) in [7, 11) is -3.82. The first-order valence-electron chi connectivity index (χ1n) is 11.5. The molecule has 3 aromatic rings. The van der Waals surface area contributed by atoms with Gasteiger partial charge in [0.15, 0.2) is 6.61 Å². The lowest BCUT2D eigenvalue weighted by Crippen LogP contribution is -2.50. The molecule has 190 valence electrons. The fraction of sp³-hybridized carbons (Fsp3) is 0.269. The van der Waals surface area contributed by atoms with Crippen LogP contribution in [0.3, 0.4) is 0 Å². The molecule has 1 aliphatic heterocycles. The predicted octanol–water partition coefficient (Wildman–Crippen LogP) is 4.25. The molecule has 0 bridgehead atoms. The number of sulfonamides is 1. The molecule has 1 fully saturated rings. The first-order valence-corrected chi connectivity index (χ1v) is 13.4. The number of halogens is 2. The van der Waals surface area contributed by atoms with E-state index in [0.29, 0.717) is 31.9 Å². The molecule has 36 heavy (non-hydrogen) atoms. The molecule has 1 saturated heterocycles. The van der Waals surface area contributed by atoms with E-state index in [0.717, 1.165) is 5.56 Å². The van der Waals surface area contributed by atoms with Gasteiger partial charge in [0, 0.05) is 32.2 Å². The van der Waals surface area contributed by atoms with Crippen molar-refractivity contribution in [3.05, 3.63) is 89.2 Å². The number of para-hydroxylation sites is 1. The Bertz CT molecular complexity index is 1320. The van der Waals surface area contributed by atoms with Crippen LogP contribution in [-0.2, 0) is 14.8 Å². The summed E-state index contributed by atoms with van der Waals surface area (Å²) < 4.78 is 47.8. The number of ether oxygens (including phenoxy) is 1. The van der Waals surface area contributed by atoms with Gasteiger partial charge in [0.05, 0.1) is 15.6 Å². The quantitative estimate of drug-likeness (QED) is 0.470. The van der Waals surface area contributed by atoms with E-state index in [1.54, 1.807) is 30.0 Å². The van der Waals surface area contributed by atoms with Gasteiger partial charge >= 0.3 is 0 Å². The van der Waals surface area contributed by atoms with E-state index >= 15 is 0 Å². The molecule has 4 rings (SSSR count). The molecule has 1 N–H and O–H groups in total. The van der Waals surface area contributed by atoms with Crippen molar-refractivity contribution in [2.24, 2.45) is 0 Å². The van der Waals surface area contributed by atoms with E-state index < -0.39 is 16.1 Å². The Kier molecular flexibility index (Phi) is 8.13. The van der Waals surface area contributed by atoms with Gasteiger partial charge in [-0.05, 0) is 42.8 Å². The molecule has 1 heterocycles. The fourth-order valence-electron chi connectivity index (χ4n) is 4.01. The lowest BCUT2D eigenvalue weighted by molar-refractivity contribution is -0.133. The summed E-state index contributed by atoms with van der Waals surface area (Å²) in [5.41, 5.74) is 1.36. The van der Waals surface area contributed by atoms with Crippen LogP contribution in [0.2, 0.25) is 5.02 Å². The molecule has 0 aliphatic carbocycles. The van der Waals surface area contributed by atoms with Gasteiger partial charge in [0.1, 0.15) is 11.6 Å². The minimum atomic E-state index is -3.82. The van der Waals surface area contributed by atoms with Gasteiger partial charge in [-0.3, -0.25) is 4.79 Å². The summed E-state index contributed by atoms with van der Waals surface area (Å²) in [5, 5.41) is 0.0856. The topological polar surface area (TPSA) is 78.9 Å². The van der Waals surface area contributed by atoms with Crippen LogP contribution in [0, 0.1) is 5.82 Å². The molecule has 3 aromatic carbocycles. The molecule has 7 nitrogen and oxygen atoms in total. The van der Waals surface area contributed by atoms with Crippen molar-refractivity contribution in [1.29, 1.82) is 0 Å². The summed E-state index contributed by atoms with van der Waals surface area (Å²) in [6.07, 6.45) is 0. The molecular weight excluding hydrogens is 505 g/mol. The zero-order valence-corrected chi connectivity index (χ0v) is 21.3. The maximum atomic E-state index is 14.0. The summed E-state index contributed by atoms with van der Waals surface area (Å²) in [4.78, 5) is 16.2. The largest absolute Gasteiger partial charge is 0.482 e. The maximum absolute atomic E-state index is 14.0. The Balaban J connectivity index is 1.32. The third kappa shape index (κ3) is 6.16. The van der Waals surface area contributed by atoms with Crippen molar-refractivity contribution in [2.75, 3.05) is 37.7 Å².